The predicted octanol–water partition coefficient (Wildman–Crippen LogP) is 0.813. The first-order valence-electron chi connectivity index (χ1n) is 5.23. The lowest BCUT2D eigenvalue weighted by Gasteiger charge is -2.27. The molecule has 0 aliphatic carbocycles. The molecule has 0 aromatic heterocycles. The number of hydrogen-bond acceptors (Lipinski definition) is 3. The monoisotopic (exact) mass is 209 g/mol. The van der Waals surface area contributed by atoms with E-state index in [9.17, 15) is 4.39 Å². The second kappa shape index (κ2) is 4.59. The Morgan fingerprint density at radius 2 is 2.07 bits per heavy atom. The van der Waals surface area contributed by atoms with Crippen LogP contribution in [0.3, 0.4) is 0 Å². The first-order valence-corrected chi connectivity index (χ1v) is 5.23. The molecule has 0 saturated carbocycles. The molecule has 0 atom stereocenters. The molecular weight excluding hydrogens is 193 g/mol. The molecular formula is C11H16FN3. The fourth-order valence-corrected chi connectivity index (χ4v) is 1.80. The summed E-state index contributed by atoms with van der Waals surface area (Å²) in [5.74, 6) is -0.317. The maximum atomic E-state index is 13.2. The van der Waals surface area contributed by atoms with Crippen LogP contribution < -0.4 is 11.1 Å². The molecule has 1 saturated heterocycles. The van der Waals surface area contributed by atoms with Gasteiger partial charge >= 0.3 is 0 Å². The Hall–Kier alpha value is -1.13. The zero-order valence-corrected chi connectivity index (χ0v) is 8.67. The zero-order chi connectivity index (χ0) is 10.7. The summed E-state index contributed by atoms with van der Waals surface area (Å²) >= 11 is 0. The number of anilines is 1. The SMILES string of the molecule is Nc1ccc(CN2CCNCC2)cc1F. The summed E-state index contributed by atoms with van der Waals surface area (Å²) in [5.41, 5.74) is 6.63. The van der Waals surface area contributed by atoms with E-state index in [1.54, 1.807) is 6.07 Å². The molecule has 1 aliphatic heterocycles. The minimum absolute atomic E-state index is 0.221. The molecule has 1 aliphatic rings. The molecule has 0 radical (unpaired) electrons. The lowest BCUT2D eigenvalue weighted by Crippen LogP contribution is -2.42. The highest BCUT2D eigenvalue weighted by atomic mass is 19.1. The van der Waals surface area contributed by atoms with Crippen LogP contribution in [0.15, 0.2) is 18.2 Å². The minimum Gasteiger partial charge on any atom is -0.396 e. The lowest BCUT2D eigenvalue weighted by molar-refractivity contribution is 0.233. The van der Waals surface area contributed by atoms with Crippen molar-refractivity contribution in [1.29, 1.82) is 0 Å². The third kappa shape index (κ3) is 2.67. The van der Waals surface area contributed by atoms with Gasteiger partial charge in [0.2, 0.25) is 0 Å². The van der Waals surface area contributed by atoms with Gasteiger partial charge in [-0.3, -0.25) is 4.90 Å². The Morgan fingerprint density at radius 3 is 2.73 bits per heavy atom. The van der Waals surface area contributed by atoms with Crippen LogP contribution in [0.1, 0.15) is 5.56 Å². The van der Waals surface area contributed by atoms with Crippen molar-refractivity contribution in [2.24, 2.45) is 0 Å². The van der Waals surface area contributed by atoms with Crippen LogP contribution in [0.25, 0.3) is 0 Å². The smallest absolute Gasteiger partial charge is 0.146 e. The van der Waals surface area contributed by atoms with Gasteiger partial charge in [0.1, 0.15) is 5.82 Å². The van der Waals surface area contributed by atoms with E-state index in [4.69, 9.17) is 5.73 Å². The highest BCUT2D eigenvalue weighted by molar-refractivity contribution is 5.41. The van der Waals surface area contributed by atoms with Gasteiger partial charge < -0.3 is 11.1 Å². The van der Waals surface area contributed by atoms with Crippen molar-refractivity contribution >= 4 is 5.69 Å². The van der Waals surface area contributed by atoms with Gasteiger partial charge in [0.25, 0.3) is 0 Å². The van der Waals surface area contributed by atoms with Crippen molar-refractivity contribution in [3.05, 3.63) is 29.6 Å². The van der Waals surface area contributed by atoms with Crippen LogP contribution in [0.5, 0.6) is 0 Å². The van der Waals surface area contributed by atoms with Crippen LogP contribution in [-0.4, -0.2) is 31.1 Å². The molecule has 15 heavy (non-hydrogen) atoms. The highest BCUT2D eigenvalue weighted by Crippen LogP contribution is 2.13. The summed E-state index contributed by atoms with van der Waals surface area (Å²) in [6, 6.07) is 5.05. The van der Waals surface area contributed by atoms with Crippen molar-refractivity contribution in [2.75, 3.05) is 31.9 Å². The Labute approximate surface area is 89.1 Å². The summed E-state index contributed by atoms with van der Waals surface area (Å²) in [7, 11) is 0. The molecule has 3 nitrogen and oxygen atoms in total. The van der Waals surface area contributed by atoms with Crippen molar-refractivity contribution < 1.29 is 4.39 Å². The first-order chi connectivity index (χ1) is 7.25. The van der Waals surface area contributed by atoms with Crippen molar-refractivity contribution in [3.8, 4) is 0 Å². The number of nitrogens with zero attached hydrogens (tertiary/aromatic N) is 1. The molecule has 2 rings (SSSR count). The van der Waals surface area contributed by atoms with Crippen molar-refractivity contribution in [1.82, 2.24) is 10.2 Å². The number of rotatable bonds is 2. The Bertz CT molecular complexity index is 335. The number of piperazine rings is 1. The maximum absolute atomic E-state index is 13.2. The van der Waals surface area contributed by atoms with E-state index < -0.39 is 0 Å². The van der Waals surface area contributed by atoms with Gasteiger partial charge in [-0.25, -0.2) is 4.39 Å². The topological polar surface area (TPSA) is 41.3 Å². The molecule has 1 aromatic carbocycles. The fourth-order valence-electron chi connectivity index (χ4n) is 1.80. The standard InChI is InChI=1S/C11H16FN3/c12-10-7-9(1-2-11(10)13)8-15-5-3-14-4-6-15/h1-2,7,14H,3-6,8,13H2. The molecule has 0 spiro atoms. The summed E-state index contributed by atoms with van der Waals surface area (Å²) in [6.07, 6.45) is 0. The van der Waals surface area contributed by atoms with Gasteiger partial charge in [0.05, 0.1) is 5.69 Å². The molecule has 3 N–H and O–H groups in total. The van der Waals surface area contributed by atoms with Crippen LogP contribution >= 0.6 is 0 Å². The Kier molecular flexibility index (Phi) is 3.18. The summed E-state index contributed by atoms with van der Waals surface area (Å²) in [6.45, 7) is 4.87. The second-order valence-electron chi connectivity index (χ2n) is 3.88. The molecule has 0 amide bonds. The van der Waals surface area contributed by atoms with Gasteiger partial charge in [-0.05, 0) is 17.7 Å². The second-order valence-corrected chi connectivity index (χ2v) is 3.88. The third-order valence-electron chi connectivity index (χ3n) is 2.68. The Balaban J connectivity index is 2.00. The van der Waals surface area contributed by atoms with Crippen LogP contribution in [0, 0.1) is 5.82 Å². The average molecular weight is 209 g/mol. The van der Waals surface area contributed by atoms with E-state index in [0.29, 0.717) is 0 Å². The number of nitrogens with two attached hydrogens (primary N) is 1. The van der Waals surface area contributed by atoms with Gasteiger partial charge in [-0.1, -0.05) is 6.07 Å². The number of nitrogen functional groups attached to an aromatic ring is 1. The number of halogens is 1. The van der Waals surface area contributed by atoms with E-state index in [-0.39, 0.29) is 11.5 Å². The molecule has 4 heteroatoms. The average Bonchev–Trinajstić information content (AvgIpc) is 2.25. The molecule has 1 heterocycles. The quantitative estimate of drug-likeness (QED) is 0.708. The summed E-state index contributed by atoms with van der Waals surface area (Å²) in [5, 5.41) is 3.29. The maximum Gasteiger partial charge on any atom is 0.146 e. The normalized spacial score (nSPS) is 17.9. The van der Waals surface area contributed by atoms with Gasteiger partial charge in [-0.2, -0.15) is 0 Å². The van der Waals surface area contributed by atoms with E-state index in [1.807, 2.05) is 6.07 Å². The molecule has 0 unspecified atom stereocenters. The zero-order valence-electron chi connectivity index (χ0n) is 8.67. The summed E-state index contributed by atoms with van der Waals surface area (Å²) < 4.78 is 13.2. The van der Waals surface area contributed by atoms with Crippen molar-refractivity contribution in [2.45, 2.75) is 6.54 Å². The molecule has 1 aromatic rings. The Morgan fingerprint density at radius 1 is 1.33 bits per heavy atom. The molecule has 0 bridgehead atoms. The van der Waals surface area contributed by atoms with Gasteiger partial charge in [-0.15, -0.1) is 0 Å². The molecule has 1 fully saturated rings. The number of benzene rings is 1. The van der Waals surface area contributed by atoms with E-state index in [0.717, 1.165) is 38.3 Å². The lowest BCUT2D eigenvalue weighted by atomic mass is 10.2. The van der Waals surface area contributed by atoms with Crippen LogP contribution in [0.4, 0.5) is 10.1 Å². The third-order valence-corrected chi connectivity index (χ3v) is 2.68. The van der Waals surface area contributed by atoms with E-state index >= 15 is 0 Å². The first kappa shape index (κ1) is 10.4. The van der Waals surface area contributed by atoms with E-state index in [2.05, 4.69) is 10.2 Å². The number of nitrogens with one attached hydrogen (secondary N) is 1. The number of hydrogen-bond donors (Lipinski definition) is 2. The molecule has 82 valence electrons. The van der Waals surface area contributed by atoms with Crippen LogP contribution in [0.2, 0.25) is 0 Å². The van der Waals surface area contributed by atoms with Gasteiger partial charge in [0.15, 0.2) is 0 Å². The van der Waals surface area contributed by atoms with E-state index in [1.165, 1.54) is 6.07 Å². The van der Waals surface area contributed by atoms with Crippen LogP contribution in [-0.2, 0) is 6.54 Å². The predicted molar refractivity (Wildman–Crippen MR) is 59.0 cm³/mol. The minimum atomic E-state index is -0.317. The largest absolute Gasteiger partial charge is 0.396 e. The fraction of sp³-hybridized carbons (Fsp3) is 0.455. The van der Waals surface area contributed by atoms with Crippen molar-refractivity contribution in [3.63, 3.8) is 0 Å². The van der Waals surface area contributed by atoms with Gasteiger partial charge in [0, 0.05) is 32.7 Å². The highest BCUT2D eigenvalue weighted by Gasteiger charge is 2.10. The summed E-state index contributed by atoms with van der Waals surface area (Å²) in [4.78, 5) is 2.31.